The molecule has 0 heterocycles. The molecule has 0 bridgehead atoms. The van der Waals surface area contributed by atoms with E-state index in [1.54, 1.807) is 5.19 Å². The summed E-state index contributed by atoms with van der Waals surface area (Å²) in [5.41, 5.74) is 2.77. The second-order valence-electron chi connectivity index (χ2n) is 4.73. The van der Waals surface area contributed by atoms with E-state index in [0.29, 0.717) is 0 Å². The van der Waals surface area contributed by atoms with Crippen LogP contribution in [0.5, 0.6) is 0 Å². The van der Waals surface area contributed by atoms with Gasteiger partial charge in [0.25, 0.3) is 0 Å². The van der Waals surface area contributed by atoms with Crippen molar-refractivity contribution >= 4 is 28.7 Å². The first kappa shape index (κ1) is 10.7. The van der Waals surface area contributed by atoms with Crippen molar-refractivity contribution in [1.82, 2.24) is 0 Å². The highest BCUT2D eigenvalue weighted by atomic mass is 28.3. The summed E-state index contributed by atoms with van der Waals surface area (Å²) in [4.78, 5) is 0. The van der Waals surface area contributed by atoms with Crippen LogP contribution in [0, 0.1) is 13.8 Å². The van der Waals surface area contributed by atoms with Crippen LogP contribution >= 0.6 is 0 Å². The Kier molecular flexibility index (Phi) is 2.83. The highest BCUT2D eigenvalue weighted by molar-refractivity contribution is 6.89. The lowest BCUT2D eigenvalue weighted by atomic mass is 10.1. The van der Waals surface area contributed by atoms with Gasteiger partial charge in [0.2, 0.25) is 0 Å². The molecule has 0 unspecified atom stereocenters. The molecule has 1 rings (SSSR count). The van der Waals surface area contributed by atoms with E-state index in [-0.39, 0.29) is 0 Å². The van der Waals surface area contributed by atoms with Crippen molar-refractivity contribution in [3.05, 3.63) is 23.3 Å². The van der Waals surface area contributed by atoms with E-state index in [1.807, 2.05) is 0 Å². The maximum atomic E-state index is 3.65. The first-order valence-electron chi connectivity index (χ1n) is 4.65. The maximum Gasteiger partial charge on any atom is 0.0779 e. The fourth-order valence-corrected chi connectivity index (χ4v) is 3.85. The highest BCUT2D eigenvalue weighted by Crippen LogP contribution is 2.06. The largest absolute Gasteiger partial charge is 0.0779 e. The van der Waals surface area contributed by atoms with E-state index < -0.39 is 8.07 Å². The first-order valence-corrected chi connectivity index (χ1v) is 8.65. The van der Waals surface area contributed by atoms with Crippen LogP contribution in [0.3, 0.4) is 0 Å². The molecule has 0 atom stereocenters. The number of rotatable bonds is 1. The van der Waals surface area contributed by atoms with Gasteiger partial charge in [0, 0.05) is 0 Å². The summed E-state index contributed by atoms with van der Waals surface area (Å²) in [6.07, 6.45) is 0. The van der Waals surface area contributed by atoms with Gasteiger partial charge in [-0.15, -0.1) is 0 Å². The van der Waals surface area contributed by atoms with E-state index in [1.165, 1.54) is 16.3 Å². The molecule has 2 heteroatoms. The molecule has 69 valence electrons. The molecule has 13 heavy (non-hydrogen) atoms. The van der Waals surface area contributed by atoms with Crippen LogP contribution < -0.4 is 10.4 Å². The molecule has 0 aliphatic carbocycles. The van der Waals surface area contributed by atoms with Gasteiger partial charge in [0.15, 0.2) is 0 Å². The molecule has 3 radical (unpaired) electrons. The molecular weight excluding hydrogens is 188 g/mol. The molecule has 0 aliphatic rings. The summed E-state index contributed by atoms with van der Waals surface area (Å²) in [6.45, 7) is 11.5. The van der Waals surface area contributed by atoms with Crippen LogP contribution in [0.4, 0.5) is 0 Å². The highest BCUT2D eigenvalue weighted by Gasteiger charge is 2.18. The van der Waals surface area contributed by atoms with E-state index in [4.69, 9.17) is 0 Å². The number of benzene rings is 1. The third-order valence-corrected chi connectivity index (χ3v) is 5.07. The Hall–Kier alpha value is -0.346. The van der Waals surface area contributed by atoms with Crippen molar-refractivity contribution in [2.75, 3.05) is 0 Å². The van der Waals surface area contributed by atoms with Gasteiger partial charge in [-0.05, 0) is 13.8 Å². The van der Waals surface area contributed by atoms with Crippen molar-refractivity contribution in [3.8, 4) is 0 Å². The predicted octanol–water partition coefficient (Wildman–Crippen LogP) is 1.64. The van der Waals surface area contributed by atoms with E-state index in [2.05, 4.69) is 55.9 Å². The van der Waals surface area contributed by atoms with Gasteiger partial charge in [0.1, 0.15) is 0 Å². The normalized spacial score (nSPS) is 11.8. The molecule has 0 amide bonds. The molecule has 0 aliphatic heterocycles. The van der Waals surface area contributed by atoms with Crippen molar-refractivity contribution in [2.45, 2.75) is 33.5 Å². The van der Waals surface area contributed by atoms with Crippen LogP contribution in [-0.4, -0.2) is 18.3 Å². The van der Waals surface area contributed by atoms with Gasteiger partial charge in [-0.25, -0.2) is 0 Å². The maximum absolute atomic E-state index is 3.65. The summed E-state index contributed by atoms with van der Waals surface area (Å²) >= 11 is 0. The Morgan fingerprint density at radius 2 is 1.54 bits per heavy atom. The zero-order valence-electron chi connectivity index (χ0n) is 9.15. The van der Waals surface area contributed by atoms with Crippen LogP contribution in [0.15, 0.2) is 12.1 Å². The Balaban J connectivity index is 3.32. The average Bonchev–Trinajstić information content (AvgIpc) is 1.94. The molecule has 0 saturated carbocycles. The molecule has 0 fully saturated rings. The van der Waals surface area contributed by atoms with Crippen LogP contribution in [0.25, 0.3) is 0 Å². The third-order valence-electron chi connectivity index (χ3n) is 2.38. The third kappa shape index (κ3) is 2.32. The SMILES string of the molecule is Cc1cc(C)c([Si](C)(C)C)cc1[Si]. The molecule has 1 aromatic carbocycles. The summed E-state index contributed by atoms with van der Waals surface area (Å²) in [5, 5.41) is 2.80. The van der Waals surface area contributed by atoms with Crippen molar-refractivity contribution in [1.29, 1.82) is 0 Å². The van der Waals surface area contributed by atoms with E-state index in [9.17, 15) is 0 Å². The van der Waals surface area contributed by atoms with Gasteiger partial charge in [-0.1, -0.05) is 53.3 Å². The summed E-state index contributed by atoms with van der Waals surface area (Å²) in [5.74, 6) is 0. The van der Waals surface area contributed by atoms with Gasteiger partial charge < -0.3 is 0 Å². The van der Waals surface area contributed by atoms with E-state index in [0.717, 1.165) is 0 Å². The van der Waals surface area contributed by atoms with Gasteiger partial charge in [-0.3, -0.25) is 0 Å². The molecule has 0 N–H and O–H groups in total. The Bertz CT molecular complexity index is 322. The van der Waals surface area contributed by atoms with Crippen molar-refractivity contribution in [2.24, 2.45) is 0 Å². The standard InChI is InChI=1S/C11H17Si2/c1-8-6-9(2)11(7-10(8)12)13(3,4)5/h6-7H,1-5H3. The van der Waals surface area contributed by atoms with Crippen molar-refractivity contribution in [3.63, 3.8) is 0 Å². The molecular formula is C11H17Si2. The minimum absolute atomic E-state index is 1.16. The average molecular weight is 205 g/mol. The predicted molar refractivity (Wildman–Crippen MR) is 64.3 cm³/mol. The first-order chi connectivity index (χ1) is 5.82. The lowest BCUT2D eigenvalue weighted by molar-refractivity contribution is 1.43. The van der Waals surface area contributed by atoms with Crippen LogP contribution in [-0.2, 0) is 0 Å². The van der Waals surface area contributed by atoms with Crippen molar-refractivity contribution < 1.29 is 0 Å². The summed E-state index contributed by atoms with van der Waals surface area (Å²) in [7, 11) is 2.48. The minimum atomic E-state index is -1.16. The zero-order chi connectivity index (χ0) is 10.2. The topological polar surface area (TPSA) is 0 Å². The number of aryl methyl sites for hydroxylation is 2. The summed E-state index contributed by atoms with van der Waals surface area (Å²) < 4.78 is 0. The molecule has 0 aromatic heterocycles. The Morgan fingerprint density at radius 1 is 1.00 bits per heavy atom. The lowest BCUT2D eigenvalue weighted by Crippen LogP contribution is -2.41. The monoisotopic (exact) mass is 205 g/mol. The van der Waals surface area contributed by atoms with Crippen LogP contribution in [0.1, 0.15) is 11.1 Å². The summed E-state index contributed by atoms with van der Waals surface area (Å²) in [6, 6.07) is 4.57. The second kappa shape index (κ2) is 3.42. The van der Waals surface area contributed by atoms with Crippen LogP contribution in [0.2, 0.25) is 19.6 Å². The molecule has 1 aromatic rings. The molecule has 0 spiro atoms. The fourth-order valence-electron chi connectivity index (χ4n) is 1.66. The van der Waals surface area contributed by atoms with Gasteiger partial charge >= 0.3 is 0 Å². The number of hydrogen-bond acceptors (Lipinski definition) is 0. The van der Waals surface area contributed by atoms with E-state index >= 15 is 0 Å². The molecule has 0 saturated heterocycles. The minimum Gasteiger partial charge on any atom is -0.0656 e. The second-order valence-corrected chi connectivity index (χ2v) is 10.3. The quantitative estimate of drug-likeness (QED) is 0.612. The fraction of sp³-hybridized carbons (Fsp3) is 0.455. The number of hydrogen-bond donors (Lipinski definition) is 0. The Morgan fingerprint density at radius 3 is 2.00 bits per heavy atom. The Labute approximate surface area is 85.8 Å². The van der Waals surface area contributed by atoms with Gasteiger partial charge in [-0.2, -0.15) is 0 Å². The lowest BCUT2D eigenvalue weighted by Gasteiger charge is -2.21. The van der Waals surface area contributed by atoms with Gasteiger partial charge in [0.05, 0.1) is 18.3 Å². The zero-order valence-corrected chi connectivity index (χ0v) is 11.2. The molecule has 0 nitrogen and oxygen atoms in total. The smallest absolute Gasteiger partial charge is 0.0656 e.